The van der Waals surface area contributed by atoms with E-state index in [0.717, 1.165) is 17.7 Å². The van der Waals surface area contributed by atoms with Gasteiger partial charge in [0.2, 0.25) is 5.91 Å². The molecule has 1 amide bonds. The van der Waals surface area contributed by atoms with E-state index in [1.165, 1.54) is 6.07 Å². The van der Waals surface area contributed by atoms with Crippen LogP contribution in [0.4, 0.5) is 8.78 Å². The summed E-state index contributed by atoms with van der Waals surface area (Å²) in [5, 5.41) is 2.72. The standard InChI is InChI=1S/C18H20F2N2O2.ClH/c1-12(11-24-17-8-7-14(19)10-15(17)20)22-18(23)16(21)9-13-5-3-2-4-6-13;/h2-8,10,12,16H,9,11,21H2,1H3,(H,22,23);1H/t12?,16-;/m0./s1. The monoisotopic (exact) mass is 370 g/mol. The lowest BCUT2D eigenvalue weighted by molar-refractivity contribution is -0.123. The first-order chi connectivity index (χ1) is 11.5. The van der Waals surface area contributed by atoms with E-state index >= 15 is 0 Å². The van der Waals surface area contributed by atoms with E-state index in [4.69, 9.17) is 10.5 Å². The van der Waals surface area contributed by atoms with E-state index in [1.54, 1.807) is 6.92 Å². The van der Waals surface area contributed by atoms with Gasteiger partial charge in [-0.25, -0.2) is 8.78 Å². The molecule has 0 bridgehead atoms. The van der Waals surface area contributed by atoms with Crippen LogP contribution < -0.4 is 15.8 Å². The summed E-state index contributed by atoms with van der Waals surface area (Å²) in [6.07, 6.45) is 0.423. The second kappa shape index (κ2) is 9.96. The van der Waals surface area contributed by atoms with Crippen LogP contribution >= 0.6 is 12.4 Å². The molecular formula is C18H21ClF2N2O2. The number of halogens is 3. The number of ether oxygens (including phenoxy) is 1. The largest absolute Gasteiger partial charge is 0.488 e. The van der Waals surface area contributed by atoms with Crippen molar-refractivity contribution in [3.8, 4) is 5.75 Å². The third kappa shape index (κ3) is 6.68. The van der Waals surface area contributed by atoms with Crippen molar-refractivity contribution in [2.24, 2.45) is 5.73 Å². The van der Waals surface area contributed by atoms with Crippen LogP contribution in [0.2, 0.25) is 0 Å². The highest BCUT2D eigenvalue weighted by atomic mass is 35.5. The number of rotatable bonds is 7. The lowest BCUT2D eigenvalue weighted by Gasteiger charge is -2.18. The summed E-state index contributed by atoms with van der Waals surface area (Å²) in [6, 6.07) is 11.5. The summed E-state index contributed by atoms with van der Waals surface area (Å²) < 4.78 is 31.5. The molecule has 1 unspecified atom stereocenters. The maximum absolute atomic E-state index is 13.5. The molecule has 0 aliphatic carbocycles. The van der Waals surface area contributed by atoms with Gasteiger partial charge in [-0.2, -0.15) is 0 Å². The number of carbonyl (C=O) groups excluding carboxylic acids is 1. The molecule has 136 valence electrons. The maximum Gasteiger partial charge on any atom is 0.237 e. The first-order valence-electron chi connectivity index (χ1n) is 7.63. The Balaban J connectivity index is 0.00000312. The van der Waals surface area contributed by atoms with Crippen molar-refractivity contribution in [3.05, 3.63) is 65.7 Å². The zero-order chi connectivity index (χ0) is 17.5. The molecule has 0 radical (unpaired) electrons. The molecule has 4 nitrogen and oxygen atoms in total. The van der Waals surface area contributed by atoms with Crippen molar-refractivity contribution >= 4 is 18.3 Å². The van der Waals surface area contributed by atoms with Crippen LogP contribution in [0, 0.1) is 11.6 Å². The fourth-order valence-electron chi connectivity index (χ4n) is 2.16. The summed E-state index contributed by atoms with van der Waals surface area (Å²) >= 11 is 0. The second-order valence-electron chi connectivity index (χ2n) is 5.59. The Morgan fingerprint density at radius 2 is 1.88 bits per heavy atom. The summed E-state index contributed by atoms with van der Waals surface area (Å²) in [5.74, 6) is -1.83. The lowest BCUT2D eigenvalue weighted by Crippen LogP contribution is -2.47. The van der Waals surface area contributed by atoms with Crippen LogP contribution in [-0.2, 0) is 11.2 Å². The molecule has 0 heterocycles. The molecule has 2 rings (SSSR count). The number of nitrogens with two attached hydrogens (primary N) is 1. The van der Waals surface area contributed by atoms with Crippen molar-refractivity contribution in [1.29, 1.82) is 0 Å². The summed E-state index contributed by atoms with van der Waals surface area (Å²) in [5.41, 5.74) is 6.86. The van der Waals surface area contributed by atoms with Gasteiger partial charge in [0.15, 0.2) is 11.6 Å². The normalized spacial score (nSPS) is 12.6. The highest BCUT2D eigenvalue weighted by molar-refractivity contribution is 5.85. The summed E-state index contributed by atoms with van der Waals surface area (Å²) in [6.45, 7) is 1.76. The minimum atomic E-state index is -0.783. The van der Waals surface area contributed by atoms with Gasteiger partial charge in [-0.15, -0.1) is 12.4 Å². The predicted octanol–water partition coefficient (Wildman–Crippen LogP) is 2.84. The lowest BCUT2D eigenvalue weighted by atomic mass is 10.1. The van der Waals surface area contributed by atoms with E-state index in [2.05, 4.69) is 5.32 Å². The van der Waals surface area contributed by atoms with E-state index in [0.29, 0.717) is 6.42 Å². The van der Waals surface area contributed by atoms with Gasteiger partial charge in [-0.3, -0.25) is 4.79 Å². The number of amides is 1. The zero-order valence-corrected chi connectivity index (χ0v) is 14.6. The van der Waals surface area contributed by atoms with Crippen LogP contribution in [0.5, 0.6) is 5.75 Å². The molecule has 0 aliphatic heterocycles. The Hall–Kier alpha value is -2.18. The molecule has 0 aromatic heterocycles. The molecule has 3 N–H and O–H groups in total. The van der Waals surface area contributed by atoms with Crippen molar-refractivity contribution in [3.63, 3.8) is 0 Å². The molecule has 0 saturated carbocycles. The van der Waals surface area contributed by atoms with Crippen LogP contribution in [0.25, 0.3) is 0 Å². The van der Waals surface area contributed by atoms with Crippen LogP contribution in [0.1, 0.15) is 12.5 Å². The van der Waals surface area contributed by atoms with Crippen LogP contribution in [0.15, 0.2) is 48.5 Å². The molecule has 25 heavy (non-hydrogen) atoms. The molecule has 0 aliphatic rings. The first kappa shape index (κ1) is 20.9. The van der Waals surface area contributed by atoms with Gasteiger partial charge in [-0.05, 0) is 31.0 Å². The van der Waals surface area contributed by atoms with Gasteiger partial charge in [0.05, 0.1) is 12.1 Å². The SMILES string of the molecule is CC(COc1ccc(F)cc1F)NC(=O)[C@@H](N)Cc1ccccc1.Cl. The summed E-state index contributed by atoms with van der Waals surface area (Å²) in [7, 11) is 0. The van der Waals surface area contributed by atoms with E-state index < -0.39 is 17.7 Å². The first-order valence-corrected chi connectivity index (χ1v) is 7.63. The minimum absolute atomic E-state index is 0. The molecule has 7 heteroatoms. The average Bonchev–Trinajstić information content (AvgIpc) is 2.55. The van der Waals surface area contributed by atoms with Gasteiger partial charge < -0.3 is 15.8 Å². The summed E-state index contributed by atoms with van der Waals surface area (Å²) in [4.78, 5) is 12.1. The van der Waals surface area contributed by atoms with Crippen molar-refractivity contribution in [2.45, 2.75) is 25.4 Å². The topological polar surface area (TPSA) is 64.3 Å². The van der Waals surface area contributed by atoms with Crippen molar-refractivity contribution < 1.29 is 18.3 Å². The zero-order valence-electron chi connectivity index (χ0n) is 13.7. The van der Waals surface area contributed by atoms with Crippen LogP contribution in [0.3, 0.4) is 0 Å². The number of carbonyl (C=O) groups is 1. The highest BCUT2D eigenvalue weighted by Crippen LogP contribution is 2.17. The van der Waals surface area contributed by atoms with Gasteiger partial charge in [0.1, 0.15) is 12.4 Å². The number of benzene rings is 2. The van der Waals surface area contributed by atoms with Crippen molar-refractivity contribution in [2.75, 3.05) is 6.61 Å². The Morgan fingerprint density at radius 1 is 1.20 bits per heavy atom. The smallest absolute Gasteiger partial charge is 0.237 e. The fraction of sp³-hybridized carbons (Fsp3) is 0.278. The minimum Gasteiger partial charge on any atom is -0.488 e. The third-order valence-electron chi connectivity index (χ3n) is 3.41. The Morgan fingerprint density at radius 3 is 2.52 bits per heavy atom. The Bertz CT molecular complexity index is 686. The predicted molar refractivity (Wildman–Crippen MR) is 94.8 cm³/mol. The van der Waals surface area contributed by atoms with Gasteiger partial charge in [0, 0.05) is 6.07 Å². The highest BCUT2D eigenvalue weighted by Gasteiger charge is 2.17. The number of hydrogen-bond acceptors (Lipinski definition) is 3. The van der Waals surface area contributed by atoms with Gasteiger partial charge in [0.25, 0.3) is 0 Å². The third-order valence-corrected chi connectivity index (χ3v) is 3.41. The van der Waals surface area contributed by atoms with Crippen molar-refractivity contribution in [1.82, 2.24) is 5.32 Å². The molecule has 2 aromatic rings. The fourth-order valence-corrected chi connectivity index (χ4v) is 2.16. The number of hydrogen-bond donors (Lipinski definition) is 2. The Labute approximate surface area is 151 Å². The van der Waals surface area contributed by atoms with Crippen LogP contribution in [-0.4, -0.2) is 24.6 Å². The quantitative estimate of drug-likeness (QED) is 0.787. The second-order valence-corrected chi connectivity index (χ2v) is 5.59. The number of nitrogens with one attached hydrogen (secondary N) is 1. The van der Waals surface area contributed by atoms with E-state index in [9.17, 15) is 13.6 Å². The average molecular weight is 371 g/mol. The molecule has 0 fully saturated rings. The Kier molecular flexibility index (Phi) is 8.31. The van der Waals surface area contributed by atoms with E-state index in [-0.39, 0.29) is 36.7 Å². The van der Waals surface area contributed by atoms with Gasteiger partial charge in [-0.1, -0.05) is 30.3 Å². The molecule has 0 spiro atoms. The van der Waals surface area contributed by atoms with Gasteiger partial charge >= 0.3 is 0 Å². The van der Waals surface area contributed by atoms with E-state index in [1.807, 2.05) is 30.3 Å². The molecule has 2 aromatic carbocycles. The molecule has 2 atom stereocenters. The molecule has 0 saturated heterocycles. The maximum atomic E-state index is 13.5. The molecular weight excluding hydrogens is 350 g/mol.